The second-order valence-electron chi connectivity index (χ2n) is 5.41. The van der Waals surface area contributed by atoms with Crippen LogP contribution in [0.3, 0.4) is 0 Å². The summed E-state index contributed by atoms with van der Waals surface area (Å²) in [7, 11) is 4.59. The molecule has 0 aliphatic rings. The van der Waals surface area contributed by atoms with Crippen LogP contribution in [0.15, 0.2) is 53.0 Å². The summed E-state index contributed by atoms with van der Waals surface area (Å²) >= 11 is 1.47. The minimum Gasteiger partial charge on any atom is -0.493 e. The zero-order valence-corrected chi connectivity index (χ0v) is 15.4. The lowest BCUT2D eigenvalue weighted by atomic mass is 10.0. The molecule has 1 atom stereocenters. The molecular weight excluding hydrogens is 352 g/mol. The molecule has 0 spiro atoms. The van der Waals surface area contributed by atoms with E-state index in [0.29, 0.717) is 28.5 Å². The summed E-state index contributed by atoms with van der Waals surface area (Å²) in [5.74, 6) is 1.40. The number of hydrogen-bond acceptors (Lipinski definition) is 7. The minimum atomic E-state index is -0.766. The molecule has 2 aromatic carbocycles. The Morgan fingerprint density at radius 3 is 2.19 bits per heavy atom. The largest absolute Gasteiger partial charge is 0.493 e. The van der Waals surface area contributed by atoms with Crippen LogP contribution < -0.4 is 14.2 Å². The van der Waals surface area contributed by atoms with Gasteiger partial charge in [-0.05, 0) is 17.7 Å². The second-order valence-corrected chi connectivity index (χ2v) is 6.27. The zero-order chi connectivity index (χ0) is 18.5. The normalized spacial score (nSPS) is 11.7. The first-order chi connectivity index (χ1) is 12.7. The standard InChI is InChI=1S/C19H18N2O4S/c1-23-15-9-13(10-16(24-2)18(15)25-3)17(21-22)14-11-26-19(20-14)12-7-5-4-6-8-12/h4-11,17H,1-3H3. The monoisotopic (exact) mass is 370 g/mol. The van der Waals surface area contributed by atoms with E-state index in [1.807, 2.05) is 35.7 Å². The molecule has 0 aliphatic carbocycles. The number of methoxy groups -OCH3 is 3. The highest BCUT2D eigenvalue weighted by molar-refractivity contribution is 7.13. The summed E-state index contributed by atoms with van der Waals surface area (Å²) in [5.41, 5.74) is 2.20. The van der Waals surface area contributed by atoms with Crippen LogP contribution in [0.5, 0.6) is 17.2 Å². The fourth-order valence-electron chi connectivity index (χ4n) is 2.67. The van der Waals surface area contributed by atoms with E-state index in [-0.39, 0.29) is 0 Å². The van der Waals surface area contributed by atoms with Crippen molar-refractivity contribution in [3.8, 4) is 27.8 Å². The van der Waals surface area contributed by atoms with Crippen LogP contribution in [0.1, 0.15) is 17.3 Å². The minimum absolute atomic E-state index is 0.464. The van der Waals surface area contributed by atoms with E-state index in [4.69, 9.17) is 14.2 Å². The Balaban J connectivity index is 2.02. The molecule has 0 aliphatic heterocycles. The maximum atomic E-state index is 11.6. The number of thiazole rings is 1. The molecular formula is C19H18N2O4S. The predicted octanol–water partition coefficient (Wildman–Crippen LogP) is 4.69. The molecule has 3 aromatic rings. The molecule has 0 saturated carbocycles. The third-order valence-corrected chi connectivity index (χ3v) is 4.84. The third kappa shape index (κ3) is 3.39. The van der Waals surface area contributed by atoms with Crippen molar-refractivity contribution in [1.82, 2.24) is 4.98 Å². The quantitative estimate of drug-likeness (QED) is 0.564. The SMILES string of the molecule is COc1cc(C(N=O)c2csc(-c3ccccc3)n2)cc(OC)c1OC. The Kier molecular flexibility index (Phi) is 5.48. The number of hydrogen-bond donors (Lipinski definition) is 0. The highest BCUT2D eigenvalue weighted by Crippen LogP contribution is 2.42. The molecule has 0 bridgehead atoms. The molecule has 3 rings (SSSR count). The summed E-state index contributed by atoms with van der Waals surface area (Å²) in [6, 6.07) is 12.5. The highest BCUT2D eigenvalue weighted by Gasteiger charge is 2.23. The second kappa shape index (κ2) is 7.97. The van der Waals surface area contributed by atoms with Crippen molar-refractivity contribution in [3.63, 3.8) is 0 Å². The fraction of sp³-hybridized carbons (Fsp3) is 0.211. The average molecular weight is 370 g/mol. The van der Waals surface area contributed by atoms with Gasteiger partial charge in [-0.1, -0.05) is 35.5 Å². The molecule has 6 nitrogen and oxygen atoms in total. The zero-order valence-electron chi connectivity index (χ0n) is 14.6. The highest BCUT2D eigenvalue weighted by atomic mass is 32.1. The first kappa shape index (κ1) is 17.9. The number of benzene rings is 2. The van der Waals surface area contributed by atoms with Gasteiger partial charge in [0.1, 0.15) is 5.01 Å². The smallest absolute Gasteiger partial charge is 0.203 e. The van der Waals surface area contributed by atoms with Crippen LogP contribution >= 0.6 is 11.3 Å². The third-order valence-electron chi connectivity index (χ3n) is 3.93. The molecule has 0 saturated heterocycles. The van der Waals surface area contributed by atoms with Gasteiger partial charge in [0.25, 0.3) is 0 Å². The molecule has 26 heavy (non-hydrogen) atoms. The maximum Gasteiger partial charge on any atom is 0.203 e. The molecule has 134 valence electrons. The fourth-order valence-corrected chi connectivity index (χ4v) is 3.51. The first-order valence-corrected chi connectivity index (χ1v) is 8.73. The van der Waals surface area contributed by atoms with Gasteiger partial charge >= 0.3 is 0 Å². The van der Waals surface area contributed by atoms with Crippen molar-refractivity contribution in [2.75, 3.05) is 21.3 Å². The van der Waals surface area contributed by atoms with E-state index in [2.05, 4.69) is 10.2 Å². The Morgan fingerprint density at radius 1 is 1.00 bits per heavy atom. The topological polar surface area (TPSA) is 70.0 Å². The number of nitroso groups, excluding NO2 is 1. The average Bonchev–Trinajstić information content (AvgIpc) is 3.18. The predicted molar refractivity (Wildman–Crippen MR) is 101 cm³/mol. The summed E-state index contributed by atoms with van der Waals surface area (Å²) in [6.45, 7) is 0. The van der Waals surface area contributed by atoms with Crippen molar-refractivity contribution in [2.24, 2.45) is 5.18 Å². The van der Waals surface area contributed by atoms with Crippen LogP contribution in [-0.4, -0.2) is 26.3 Å². The van der Waals surface area contributed by atoms with Gasteiger partial charge in [-0.15, -0.1) is 16.2 Å². The van der Waals surface area contributed by atoms with Gasteiger partial charge in [-0.3, -0.25) is 0 Å². The van der Waals surface area contributed by atoms with Gasteiger partial charge in [0, 0.05) is 10.9 Å². The number of aromatic nitrogens is 1. The van der Waals surface area contributed by atoms with E-state index in [1.165, 1.54) is 32.7 Å². The molecule has 0 fully saturated rings. The van der Waals surface area contributed by atoms with Crippen molar-refractivity contribution < 1.29 is 14.2 Å². The lowest BCUT2D eigenvalue weighted by Gasteiger charge is -2.15. The maximum absolute atomic E-state index is 11.6. The molecule has 1 aromatic heterocycles. The van der Waals surface area contributed by atoms with Crippen LogP contribution in [0.25, 0.3) is 10.6 Å². The van der Waals surface area contributed by atoms with E-state index < -0.39 is 6.04 Å². The first-order valence-electron chi connectivity index (χ1n) is 7.85. The number of ether oxygens (including phenoxy) is 3. The van der Waals surface area contributed by atoms with Crippen molar-refractivity contribution >= 4 is 11.3 Å². The molecule has 7 heteroatoms. The lowest BCUT2D eigenvalue weighted by molar-refractivity contribution is 0.323. The molecule has 0 radical (unpaired) electrons. The van der Waals surface area contributed by atoms with Crippen LogP contribution in [-0.2, 0) is 0 Å². The van der Waals surface area contributed by atoms with Crippen molar-refractivity contribution in [2.45, 2.75) is 6.04 Å². The Hall–Kier alpha value is -2.93. The molecule has 0 N–H and O–H groups in total. The van der Waals surface area contributed by atoms with Gasteiger partial charge in [-0.25, -0.2) is 4.98 Å². The number of rotatable bonds is 7. The summed E-state index contributed by atoms with van der Waals surface area (Å²) < 4.78 is 16.0. The van der Waals surface area contributed by atoms with Gasteiger partial charge in [0.05, 0.1) is 27.0 Å². The van der Waals surface area contributed by atoms with Gasteiger partial charge in [0.15, 0.2) is 17.5 Å². The lowest BCUT2D eigenvalue weighted by Crippen LogP contribution is -2.02. The Morgan fingerprint density at radius 2 is 1.65 bits per heavy atom. The van der Waals surface area contributed by atoms with E-state index >= 15 is 0 Å². The molecule has 1 unspecified atom stereocenters. The molecule has 0 amide bonds. The molecule has 1 heterocycles. The van der Waals surface area contributed by atoms with Crippen molar-refractivity contribution in [3.05, 3.63) is 64.0 Å². The summed E-state index contributed by atoms with van der Waals surface area (Å²) in [4.78, 5) is 16.2. The van der Waals surface area contributed by atoms with E-state index in [9.17, 15) is 4.91 Å². The summed E-state index contributed by atoms with van der Waals surface area (Å²) in [6.07, 6.45) is 0. The van der Waals surface area contributed by atoms with Gasteiger partial charge in [-0.2, -0.15) is 0 Å². The van der Waals surface area contributed by atoms with E-state index in [1.54, 1.807) is 12.1 Å². The van der Waals surface area contributed by atoms with Crippen molar-refractivity contribution in [1.29, 1.82) is 0 Å². The summed E-state index contributed by atoms with van der Waals surface area (Å²) in [5, 5.41) is 5.96. The number of nitrogens with zero attached hydrogens (tertiary/aromatic N) is 2. The van der Waals surface area contributed by atoms with E-state index in [0.717, 1.165) is 10.6 Å². The Bertz CT molecular complexity index is 871. The van der Waals surface area contributed by atoms with Gasteiger partial charge in [0.2, 0.25) is 5.75 Å². The van der Waals surface area contributed by atoms with Gasteiger partial charge < -0.3 is 14.2 Å². The Labute approximate surface area is 155 Å². The van der Waals surface area contributed by atoms with Crippen LogP contribution in [0.2, 0.25) is 0 Å². The van der Waals surface area contributed by atoms with Crippen LogP contribution in [0, 0.1) is 4.91 Å². The van der Waals surface area contributed by atoms with Crippen LogP contribution in [0.4, 0.5) is 0 Å².